The van der Waals surface area contributed by atoms with Gasteiger partial charge in [-0.1, -0.05) is 35.3 Å². The number of ketones is 1. The zero-order chi connectivity index (χ0) is 13.3. The molecule has 0 saturated carbocycles. The molecule has 0 radical (unpaired) electrons. The van der Waals surface area contributed by atoms with Crippen LogP contribution in [0.4, 0.5) is 5.69 Å². The summed E-state index contributed by atoms with van der Waals surface area (Å²) in [6.07, 6.45) is 0. The topological polar surface area (TPSA) is 43.1 Å². The molecular formula is C14H11Cl2NO. The second-order valence-electron chi connectivity index (χ2n) is 3.98. The summed E-state index contributed by atoms with van der Waals surface area (Å²) < 4.78 is 0. The van der Waals surface area contributed by atoms with Gasteiger partial charge in [0.05, 0.1) is 10.0 Å². The SMILES string of the molecule is Cc1c(N)cccc1C(=O)c1ccc(Cl)c(Cl)c1. The summed E-state index contributed by atoms with van der Waals surface area (Å²) in [5.74, 6) is -0.113. The van der Waals surface area contributed by atoms with Crippen LogP contribution in [0.15, 0.2) is 36.4 Å². The fraction of sp³-hybridized carbons (Fsp3) is 0.0714. The summed E-state index contributed by atoms with van der Waals surface area (Å²) in [6.45, 7) is 1.82. The fourth-order valence-corrected chi connectivity index (χ4v) is 1.99. The Kier molecular flexibility index (Phi) is 3.60. The number of hydrogen-bond donors (Lipinski definition) is 1. The minimum atomic E-state index is -0.113. The molecule has 0 fully saturated rings. The zero-order valence-corrected chi connectivity index (χ0v) is 11.2. The van der Waals surface area contributed by atoms with E-state index in [1.165, 1.54) is 0 Å². The summed E-state index contributed by atoms with van der Waals surface area (Å²) in [6, 6.07) is 10.1. The monoisotopic (exact) mass is 279 g/mol. The summed E-state index contributed by atoms with van der Waals surface area (Å²) in [4.78, 5) is 12.3. The first-order valence-electron chi connectivity index (χ1n) is 5.35. The summed E-state index contributed by atoms with van der Waals surface area (Å²) in [7, 11) is 0. The van der Waals surface area contributed by atoms with E-state index in [0.29, 0.717) is 26.9 Å². The average molecular weight is 280 g/mol. The van der Waals surface area contributed by atoms with Crippen molar-refractivity contribution in [2.75, 3.05) is 5.73 Å². The van der Waals surface area contributed by atoms with Gasteiger partial charge in [0.1, 0.15) is 0 Å². The van der Waals surface area contributed by atoms with Crippen molar-refractivity contribution in [3.63, 3.8) is 0 Å². The van der Waals surface area contributed by atoms with Gasteiger partial charge in [0.25, 0.3) is 0 Å². The molecule has 18 heavy (non-hydrogen) atoms. The second-order valence-corrected chi connectivity index (χ2v) is 4.79. The van der Waals surface area contributed by atoms with Crippen LogP contribution in [0.5, 0.6) is 0 Å². The molecule has 0 saturated heterocycles. The van der Waals surface area contributed by atoms with E-state index < -0.39 is 0 Å². The van der Waals surface area contributed by atoms with Gasteiger partial charge in [-0.15, -0.1) is 0 Å². The van der Waals surface area contributed by atoms with Crippen molar-refractivity contribution in [1.29, 1.82) is 0 Å². The maximum absolute atomic E-state index is 12.3. The lowest BCUT2D eigenvalue weighted by molar-refractivity contribution is 0.103. The van der Waals surface area contributed by atoms with Gasteiger partial charge in [0.2, 0.25) is 0 Å². The maximum Gasteiger partial charge on any atom is 0.193 e. The minimum Gasteiger partial charge on any atom is -0.398 e. The zero-order valence-electron chi connectivity index (χ0n) is 9.71. The Labute approximate surface area is 115 Å². The van der Waals surface area contributed by atoms with Crippen LogP contribution in [0.3, 0.4) is 0 Å². The molecule has 0 unspecified atom stereocenters. The summed E-state index contributed by atoms with van der Waals surface area (Å²) in [5, 5.41) is 0.793. The second kappa shape index (κ2) is 5.01. The van der Waals surface area contributed by atoms with Crippen LogP contribution in [-0.2, 0) is 0 Å². The van der Waals surface area contributed by atoms with Gasteiger partial charge in [-0.25, -0.2) is 0 Å². The Morgan fingerprint density at radius 1 is 1.11 bits per heavy atom. The molecule has 0 aliphatic heterocycles. The van der Waals surface area contributed by atoms with Gasteiger partial charge < -0.3 is 5.73 Å². The first kappa shape index (κ1) is 12.9. The van der Waals surface area contributed by atoms with Gasteiger partial charge in [-0.05, 0) is 36.8 Å². The first-order valence-corrected chi connectivity index (χ1v) is 6.11. The van der Waals surface area contributed by atoms with Crippen molar-refractivity contribution in [2.45, 2.75) is 6.92 Å². The fourth-order valence-electron chi connectivity index (χ4n) is 1.69. The van der Waals surface area contributed by atoms with E-state index in [4.69, 9.17) is 28.9 Å². The Morgan fingerprint density at radius 2 is 1.83 bits per heavy atom. The molecule has 2 nitrogen and oxygen atoms in total. The van der Waals surface area contributed by atoms with E-state index in [-0.39, 0.29) is 5.78 Å². The molecule has 2 rings (SSSR count). The van der Waals surface area contributed by atoms with E-state index in [1.54, 1.807) is 36.4 Å². The number of benzene rings is 2. The minimum absolute atomic E-state index is 0.113. The molecule has 0 heterocycles. The summed E-state index contributed by atoms with van der Waals surface area (Å²) >= 11 is 11.7. The standard InChI is InChI=1S/C14H11Cl2NO/c1-8-10(3-2-4-13(8)17)14(18)9-5-6-11(15)12(16)7-9/h2-7H,17H2,1H3. The van der Waals surface area contributed by atoms with Crippen molar-refractivity contribution < 1.29 is 4.79 Å². The molecule has 0 aliphatic rings. The highest BCUT2D eigenvalue weighted by atomic mass is 35.5. The molecule has 0 atom stereocenters. The molecule has 2 aromatic carbocycles. The number of anilines is 1. The molecule has 0 aromatic heterocycles. The third-order valence-corrected chi connectivity index (χ3v) is 3.54. The van der Waals surface area contributed by atoms with Crippen LogP contribution in [-0.4, -0.2) is 5.78 Å². The number of carbonyl (C=O) groups is 1. The van der Waals surface area contributed by atoms with Gasteiger partial charge in [-0.2, -0.15) is 0 Å². The summed E-state index contributed by atoms with van der Waals surface area (Å²) in [5.41, 5.74) is 8.24. The molecule has 0 spiro atoms. The number of rotatable bonds is 2. The van der Waals surface area contributed by atoms with Crippen LogP contribution in [0, 0.1) is 6.92 Å². The Hall–Kier alpha value is -1.51. The van der Waals surface area contributed by atoms with Crippen molar-refractivity contribution in [2.24, 2.45) is 0 Å². The number of halogens is 2. The van der Waals surface area contributed by atoms with Crippen LogP contribution < -0.4 is 5.73 Å². The van der Waals surface area contributed by atoms with Crippen molar-refractivity contribution in [3.05, 3.63) is 63.1 Å². The van der Waals surface area contributed by atoms with Gasteiger partial charge in [-0.3, -0.25) is 4.79 Å². The first-order chi connectivity index (χ1) is 8.50. The predicted octanol–water partition coefficient (Wildman–Crippen LogP) is 4.12. The highest BCUT2D eigenvalue weighted by molar-refractivity contribution is 6.42. The molecule has 4 heteroatoms. The quantitative estimate of drug-likeness (QED) is 0.664. The van der Waals surface area contributed by atoms with E-state index in [0.717, 1.165) is 5.56 Å². The number of nitrogen functional groups attached to an aromatic ring is 1. The van der Waals surface area contributed by atoms with Crippen molar-refractivity contribution in [1.82, 2.24) is 0 Å². The third kappa shape index (κ3) is 2.35. The lowest BCUT2D eigenvalue weighted by Crippen LogP contribution is -2.05. The van der Waals surface area contributed by atoms with Gasteiger partial charge in [0.15, 0.2) is 5.78 Å². The van der Waals surface area contributed by atoms with Gasteiger partial charge >= 0.3 is 0 Å². The largest absolute Gasteiger partial charge is 0.398 e. The van der Waals surface area contributed by atoms with E-state index in [2.05, 4.69) is 0 Å². The van der Waals surface area contributed by atoms with Crippen LogP contribution in [0.1, 0.15) is 21.5 Å². The molecule has 2 N–H and O–H groups in total. The van der Waals surface area contributed by atoms with E-state index in [1.807, 2.05) is 6.92 Å². The Morgan fingerprint density at radius 3 is 2.50 bits per heavy atom. The third-order valence-electron chi connectivity index (χ3n) is 2.80. The number of nitrogens with two attached hydrogens (primary N) is 1. The van der Waals surface area contributed by atoms with Crippen LogP contribution >= 0.6 is 23.2 Å². The van der Waals surface area contributed by atoms with Crippen LogP contribution in [0.25, 0.3) is 0 Å². The predicted molar refractivity (Wildman–Crippen MR) is 75.5 cm³/mol. The molecule has 2 aromatic rings. The Bertz CT molecular complexity index is 623. The molecule has 0 amide bonds. The van der Waals surface area contributed by atoms with Gasteiger partial charge in [0, 0.05) is 16.8 Å². The molecular weight excluding hydrogens is 269 g/mol. The van der Waals surface area contributed by atoms with E-state index in [9.17, 15) is 4.79 Å². The smallest absolute Gasteiger partial charge is 0.193 e. The number of carbonyl (C=O) groups excluding carboxylic acids is 1. The molecule has 0 bridgehead atoms. The lowest BCUT2D eigenvalue weighted by atomic mass is 9.98. The number of hydrogen-bond acceptors (Lipinski definition) is 2. The highest BCUT2D eigenvalue weighted by Crippen LogP contribution is 2.25. The lowest BCUT2D eigenvalue weighted by Gasteiger charge is -2.08. The molecule has 92 valence electrons. The maximum atomic E-state index is 12.3. The van der Waals surface area contributed by atoms with E-state index >= 15 is 0 Å². The normalized spacial score (nSPS) is 10.4. The van der Waals surface area contributed by atoms with Crippen molar-refractivity contribution >= 4 is 34.7 Å². The van der Waals surface area contributed by atoms with Crippen molar-refractivity contribution in [3.8, 4) is 0 Å². The van der Waals surface area contributed by atoms with Crippen LogP contribution in [0.2, 0.25) is 10.0 Å². The molecule has 0 aliphatic carbocycles. The highest BCUT2D eigenvalue weighted by Gasteiger charge is 2.14. The Balaban J connectivity index is 2.48. The average Bonchev–Trinajstić information content (AvgIpc) is 2.35.